The smallest absolute Gasteiger partial charge is 0.247 e. The number of anilines is 1. The quantitative estimate of drug-likeness (QED) is 0.847. The van der Waals surface area contributed by atoms with Gasteiger partial charge in [-0.1, -0.05) is 11.6 Å². The monoisotopic (exact) mass is 294 g/mol. The van der Waals surface area contributed by atoms with E-state index in [0.717, 1.165) is 12.2 Å². The largest absolute Gasteiger partial charge is 0.423 e. The Kier molecular flexibility index (Phi) is 3.58. The zero-order chi connectivity index (χ0) is 14.1. The molecule has 0 aliphatic carbocycles. The van der Waals surface area contributed by atoms with Gasteiger partial charge in [-0.05, 0) is 13.0 Å². The lowest BCUT2D eigenvalue weighted by atomic mass is 10.2. The summed E-state index contributed by atoms with van der Waals surface area (Å²) in [6.45, 7) is 5.15. The van der Waals surface area contributed by atoms with Gasteiger partial charge in [-0.3, -0.25) is 4.98 Å². The van der Waals surface area contributed by atoms with Crippen molar-refractivity contribution in [2.24, 2.45) is 0 Å². The molecule has 20 heavy (non-hydrogen) atoms. The predicted octanol–water partition coefficient (Wildman–Crippen LogP) is 2.39. The maximum atomic E-state index is 6.21. The van der Waals surface area contributed by atoms with Crippen molar-refractivity contribution < 1.29 is 9.15 Å². The number of hydrogen-bond donors (Lipinski definition) is 0. The first kappa shape index (κ1) is 13.3. The summed E-state index contributed by atoms with van der Waals surface area (Å²) in [5.74, 6) is 1.04. The van der Waals surface area contributed by atoms with Crippen LogP contribution in [0.25, 0.3) is 0 Å². The number of pyridine rings is 1. The number of rotatable bonds is 2. The molecule has 1 fully saturated rings. The van der Waals surface area contributed by atoms with Gasteiger partial charge < -0.3 is 14.1 Å². The first-order chi connectivity index (χ1) is 9.63. The molecule has 6 nitrogen and oxygen atoms in total. The van der Waals surface area contributed by atoms with Gasteiger partial charge in [0.2, 0.25) is 11.8 Å². The first-order valence-electron chi connectivity index (χ1n) is 6.43. The van der Waals surface area contributed by atoms with Crippen LogP contribution in [0.4, 0.5) is 5.69 Å². The third-order valence-corrected chi connectivity index (χ3v) is 3.46. The molecule has 1 saturated heterocycles. The van der Waals surface area contributed by atoms with Crippen molar-refractivity contribution >= 4 is 17.3 Å². The molecule has 0 N–H and O–H groups in total. The molecule has 2 aromatic rings. The lowest BCUT2D eigenvalue weighted by molar-refractivity contribution is -0.0311. The normalized spacial score (nSPS) is 23.1. The molecule has 0 spiro atoms. The van der Waals surface area contributed by atoms with Crippen molar-refractivity contribution in [3.8, 4) is 0 Å². The first-order valence-corrected chi connectivity index (χ1v) is 6.81. The molecule has 0 bridgehead atoms. The number of aromatic nitrogens is 3. The van der Waals surface area contributed by atoms with Crippen LogP contribution in [0.3, 0.4) is 0 Å². The van der Waals surface area contributed by atoms with Gasteiger partial charge in [0.15, 0.2) is 6.10 Å². The maximum absolute atomic E-state index is 6.21. The molecular weight excluding hydrogens is 280 g/mol. The summed E-state index contributed by atoms with van der Waals surface area (Å²) < 4.78 is 11.3. The molecule has 1 aliphatic heterocycles. The minimum Gasteiger partial charge on any atom is -0.423 e. The Balaban J connectivity index is 1.85. The molecule has 2 atom stereocenters. The van der Waals surface area contributed by atoms with E-state index >= 15 is 0 Å². The fourth-order valence-electron chi connectivity index (χ4n) is 2.35. The van der Waals surface area contributed by atoms with Crippen LogP contribution in [-0.4, -0.2) is 34.4 Å². The number of nitrogens with zero attached hydrogens (tertiary/aromatic N) is 4. The summed E-state index contributed by atoms with van der Waals surface area (Å²) in [5, 5.41) is 8.52. The zero-order valence-electron chi connectivity index (χ0n) is 11.3. The highest BCUT2D eigenvalue weighted by atomic mass is 35.5. The second kappa shape index (κ2) is 5.38. The standard InChI is InChI=1S/C13H15ClN4O2/c1-8-6-18(11-3-4-15-5-10(11)14)7-12(19-8)13-17-16-9(2)20-13/h3-5,8,12H,6-7H2,1-2H3/t8-,12-/m1/s1. The van der Waals surface area contributed by atoms with E-state index in [0.29, 0.717) is 23.3 Å². The molecule has 3 heterocycles. The summed E-state index contributed by atoms with van der Waals surface area (Å²) in [5.41, 5.74) is 0.943. The summed E-state index contributed by atoms with van der Waals surface area (Å²) >= 11 is 6.21. The molecule has 0 amide bonds. The fourth-order valence-corrected chi connectivity index (χ4v) is 2.59. The molecular formula is C13H15ClN4O2. The van der Waals surface area contributed by atoms with E-state index in [1.165, 1.54) is 0 Å². The molecule has 0 radical (unpaired) electrons. The van der Waals surface area contributed by atoms with Gasteiger partial charge in [0.1, 0.15) is 0 Å². The van der Waals surface area contributed by atoms with E-state index in [9.17, 15) is 0 Å². The highest BCUT2D eigenvalue weighted by Gasteiger charge is 2.30. The van der Waals surface area contributed by atoms with Crippen LogP contribution in [0.15, 0.2) is 22.9 Å². The maximum Gasteiger partial charge on any atom is 0.247 e. The van der Waals surface area contributed by atoms with Crippen LogP contribution >= 0.6 is 11.6 Å². The molecule has 0 saturated carbocycles. The van der Waals surface area contributed by atoms with E-state index in [-0.39, 0.29) is 12.2 Å². The van der Waals surface area contributed by atoms with E-state index in [1.54, 1.807) is 19.3 Å². The van der Waals surface area contributed by atoms with Gasteiger partial charge in [-0.15, -0.1) is 10.2 Å². The Morgan fingerprint density at radius 1 is 1.35 bits per heavy atom. The van der Waals surface area contributed by atoms with Crippen molar-refractivity contribution in [2.45, 2.75) is 26.1 Å². The van der Waals surface area contributed by atoms with Crippen molar-refractivity contribution in [1.82, 2.24) is 15.2 Å². The highest BCUT2D eigenvalue weighted by molar-refractivity contribution is 6.33. The third-order valence-electron chi connectivity index (χ3n) is 3.17. The molecule has 0 unspecified atom stereocenters. The highest BCUT2D eigenvalue weighted by Crippen LogP contribution is 2.31. The Bertz CT molecular complexity index is 604. The van der Waals surface area contributed by atoms with E-state index < -0.39 is 0 Å². The lowest BCUT2D eigenvalue weighted by Crippen LogP contribution is -2.43. The minimum absolute atomic E-state index is 0.0465. The SMILES string of the molecule is Cc1nnc([C@H]2CN(c3ccncc3Cl)C[C@@H](C)O2)o1. The van der Waals surface area contributed by atoms with Crippen LogP contribution in [0.1, 0.15) is 24.8 Å². The van der Waals surface area contributed by atoms with Crippen LogP contribution < -0.4 is 4.90 Å². The summed E-state index contributed by atoms with van der Waals surface area (Å²) in [6, 6.07) is 1.90. The summed E-state index contributed by atoms with van der Waals surface area (Å²) in [7, 11) is 0. The van der Waals surface area contributed by atoms with Gasteiger partial charge in [0.25, 0.3) is 0 Å². The molecule has 106 valence electrons. The van der Waals surface area contributed by atoms with Gasteiger partial charge in [-0.2, -0.15) is 0 Å². The molecule has 3 rings (SSSR count). The van der Waals surface area contributed by atoms with Gasteiger partial charge >= 0.3 is 0 Å². The minimum atomic E-state index is -0.246. The Hall–Kier alpha value is -1.66. The van der Waals surface area contributed by atoms with Crippen molar-refractivity contribution in [3.63, 3.8) is 0 Å². The average Bonchev–Trinajstić information content (AvgIpc) is 2.85. The summed E-state index contributed by atoms with van der Waals surface area (Å²) in [6.07, 6.45) is 3.17. The number of halogens is 1. The topological polar surface area (TPSA) is 64.3 Å². The van der Waals surface area contributed by atoms with Crippen LogP contribution in [0, 0.1) is 6.92 Å². The lowest BCUT2D eigenvalue weighted by Gasteiger charge is -2.37. The van der Waals surface area contributed by atoms with E-state index in [4.69, 9.17) is 20.8 Å². The molecule has 0 aromatic carbocycles. The van der Waals surface area contributed by atoms with Crippen LogP contribution in [-0.2, 0) is 4.74 Å². The van der Waals surface area contributed by atoms with Gasteiger partial charge in [-0.25, -0.2) is 0 Å². The molecule has 2 aromatic heterocycles. The number of morpholine rings is 1. The number of aryl methyl sites for hydroxylation is 1. The van der Waals surface area contributed by atoms with Crippen molar-refractivity contribution in [2.75, 3.05) is 18.0 Å². The zero-order valence-corrected chi connectivity index (χ0v) is 12.0. The van der Waals surface area contributed by atoms with Crippen LogP contribution in [0.5, 0.6) is 0 Å². The average molecular weight is 295 g/mol. The van der Waals surface area contributed by atoms with E-state index in [2.05, 4.69) is 20.1 Å². The van der Waals surface area contributed by atoms with Gasteiger partial charge in [0, 0.05) is 25.9 Å². The predicted molar refractivity (Wildman–Crippen MR) is 73.8 cm³/mol. The summed E-state index contributed by atoms with van der Waals surface area (Å²) in [4.78, 5) is 6.16. The second-order valence-corrected chi connectivity index (χ2v) is 5.23. The third kappa shape index (κ3) is 2.62. The van der Waals surface area contributed by atoms with Crippen molar-refractivity contribution in [1.29, 1.82) is 0 Å². The van der Waals surface area contributed by atoms with Crippen LogP contribution in [0.2, 0.25) is 5.02 Å². The Morgan fingerprint density at radius 3 is 2.90 bits per heavy atom. The molecule has 7 heteroatoms. The number of hydrogen-bond acceptors (Lipinski definition) is 6. The fraction of sp³-hybridized carbons (Fsp3) is 0.462. The van der Waals surface area contributed by atoms with Gasteiger partial charge in [0.05, 0.1) is 23.4 Å². The van der Waals surface area contributed by atoms with E-state index in [1.807, 2.05) is 13.0 Å². The van der Waals surface area contributed by atoms with Crippen molar-refractivity contribution in [3.05, 3.63) is 35.3 Å². The number of ether oxygens (including phenoxy) is 1. The molecule has 1 aliphatic rings. The second-order valence-electron chi connectivity index (χ2n) is 4.83. The Morgan fingerprint density at radius 2 is 2.20 bits per heavy atom. The Labute approximate surface area is 121 Å².